The summed E-state index contributed by atoms with van der Waals surface area (Å²) in [5.74, 6) is -1.52. The minimum absolute atomic E-state index is 0.0862. The Kier molecular flexibility index (Phi) is 1.66. The van der Waals surface area contributed by atoms with E-state index < -0.39 is 12.0 Å². The first-order valence-corrected chi connectivity index (χ1v) is 4.51. The molecule has 1 aromatic carbocycles. The number of fused-ring (bicyclic) bond motifs is 1. The number of rotatable bonds is 4. The average molecular weight is 207 g/mol. The molecule has 0 saturated carbocycles. The molecule has 78 valence electrons. The minimum Gasteiger partial charge on any atom is -0.480 e. The Morgan fingerprint density at radius 2 is 2.47 bits per heavy atom. The second-order valence-corrected chi connectivity index (χ2v) is 3.29. The summed E-state index contributed by atoms with van der Waals surface area (Å²) in [4.78, 5) is 14.0. The number of aromatic amines is 1. The number of benzene rings is 1. The Balaban J connectivity index is 2.41. The number of aromatic nitrogens is 1. The summed E-state index contributed by atoms with van der Waals surface area (Å²) >= 11 is 0. The van der Waals surface area contributed by atoms with Crippen LogP contribution < -0.4 is 5.72 Å². The molecule has 0 unspecified atom stereocenters. The molecule has 1 atom stereocenters. The summed E-state index contributed by atoms with van der Waals surface area (Å²) in [6, 6.07) is 4.98. The highest BCUT2D eigenvalue weighted by atomic mass is 16.4. The molecule has 0 saturated heterocycles. The third-order valence-corrected chi connectivity index (χ3v) is 2.28. The largest absolute Gasteiger partial charge is 0.480 e. The summed E-state index contributed by atoms with van der Waals surface area (Å²) in [6.07, 6.45) is 1.37. The van der Waals surface area contributed by atoms with Crippen molar-refractivity contribution in [2.24, 2.45) is 5.72 Å². The lowest BCUT2D eigenvalue weighted by molar-refractivity contribution is -0.138. The molecule has 0 bridgehead atoms. The molecule has 0 spiro atoms. The van der Waals surface area contributed by atoms with Gasteiger partial charge in [0.05, 0.1) is 1.37 Å². The Labute approximate surface area is 91.0 Å². The quantitative estimate of drug-likeness (QED) is 0.703. The van der Waals surface area contributed by atoms with Crippen molar-refractivity contribution in [3.05, 3.63) is 36.0 Å². The van der Waals surface area contributed by atoms with Crippen LogP contribution in [0.5, 0.6) is 0 Å². The fourth-order valence-corrected chi connectivity index (χ4v) is 1.53. The molecule has 4 heteroatoms. The minimum atomic E-state index is -2.31. The Morgan fingerprint density at radius 3 is 3.20 bits per heavy atom. The van der Waals surface area contributed by atoms with Gasteiger partial charge in [-0.1, -0.05) is 18.2 Å². The predicted octanol–water partition coefficient (Wildman–Crippen LogP) is 1.12. The molecule has 0 amide bonds. The maximum Gasteiger partial charge on any atom is 0.320 e. The van der Waals surface area contributed by atoms with E-state index in [-0.39, 0.29) is 12.1 Å². The van der Waals surface area contributed by atoms with Crippen molar-refractivity contribution in [2.75, 3.05) is 0 Å². The van der Waals surface area contributed by atoms with Crippen LogP contribution in [0.2, 0.25) is 2.82 Å². The molecule has 2 aromatic rings. The lowest BCUT2D eigenvalue weighted by Crippen LogP contribution is -2.32. The topological polar surface area (TPSA) is 79.1 Å². The normalized spacial score (nSPS) is 18.1. The fourth-order valence-electron chi connectivity index (χ4n) is 1.53. The second-order valence-electron chi connectivity index (χ2n) is 3.29. The summed E-state index contributed by atoms with van der Waals surface area (Å²) < 4.78 is 21.9. The maximum atomic E-state index is 11.0. The van der Waals surface area contributed by atoms with E-state index in [1.165, 1.54) is 0 Å². The van der Waals surface area contributed by atoms with Gasteiger partial charge in [0.1, 0.15) is 8.84 Å². The Morgan fingerprint density at radius 1 is 1.67 bits per heavy atom. The molecule has 4 N–H and O–H groups in total. The van der Waals surface area contributed by atoms with Gasteiger partial charge in [-0.2, -0.15) is 0 Å². The molecule has 4 nitrogen and oxygen atoms in total. The van der Waals surface area contributed by atoms with Crippen LogP contribution in [0, 0.1) is 0 Å². The van der Waals surface area contributed by atoms with Crippen molar-refractivity contribution < 1.29 is 14.1 Å². The van der Waals surface area contributed by atoms with Crippen molar-refractivity contribution in [3.63, 3.8) is 0 Å². The van der Waals surface area contributed by atoms with E-state index in [0.717, 1.165) is 10.9 Å². The van der Waals surface area contributed by atoms with Crippen LogP contribution in [0.3, 0.4) is 0 Å². The number of nitrogens with one attached hydrogen (secondary N) is 1. The molecule has 0 radical (unpaired) electrons. The number of carbonyl (C=O) groups is 1. The fraction of sp³-hybridized carbons (Fsp3) is 0.182. The average Bonchev–Trinajstić information content (AvgIpc) is 2.72. The van der Waals surface area contributed by atoms with Crippen LogP contribution in [0.15, 0.2) is 30.5 Å². The van der Waals surface area contributed by atoms with Gasteiger partial charge in [0.15, 0.2) is 0 Å². The number of H-pyrrole nitrogens is 1. The van der Waals surface area contributed by atoms with Gasteiger partial charge in [-0.3, -0.25) is 4.79 Å². The molecule has 1 aromatic heterocycles. The van der Waals surface area contributed by atoms with Gasteiger partial charge >= 0.3 is 5.97 Å². The van der Waals surface area contributed by atoms with E-state index in [9.17, 15) is 4.79 Å². The number of para-hydroxylation sites is 1. The van der Waals surface area contributed by atoms with Crippen LogP contribution in [0.1, 0.15) is 6.93 Å². The summed E-state index contributed by atoms with van der Waals surface area (Å²) in [5.41, 5.74) is 1.35. The number of carboxylic acids is 1. The van der Waals surface area contributed by atoms with Crippen molar-refractivity contribution >= 4 is 16.9 Å². The van der Waals surface area contributed by atoms with Gasteiger partial charge in [0.2, 0.25) is 0 Å². The lowest BCUT2D eigenvalue weighted by atomic mass is 10.1. The van der Waals surface area contributed by atoms with Gasteiger partial charge in [0, 0.05) is 23.5 Å². The van der Waals surface area contributed by atoms with Crippen LogP contribution >= 0.6 is 0 Å². The molecule has 0 aliphatic carbocycles. The zero-order chi connectivity index (χ0) is 13.3. The molecule has 0 fully saturated rings. The SMILES string of the molecule is [2H]N([2H])[C@@]([2H])(Cc1c[nH]c2ccccc12)C(=O)O. The van der Waals surface area contributed by atoms with Crippen molar-refractivity contribution in [1.29, 1.82) is 0 Å². The van der Waals surface area contributed by atoms with Crippen LogP contribution in [-0.4, -0.2) is 22.1 Å². The van der Waals surface area contributed by atoms with Gasteiger partial charge < -0.3 is 15.8 Å². The van der Waals surface area contributed by atoms with Gasteiger partial charge in [0.25, 0.3) is 0 Å². The van der Waals surface area contributed by atoms with Gasteiger partial charge in [-0.25, -0.2) is 0 Å². The van der Waals surface area contributed by atoms with Crippen LogP contribution in [-0.2, 0) is 11.2 Å². The summed E-state index contributed by atoms with van der Waals surface area (Å²) in [5, 5.41) is 9.80. The Hall–Kier alpha value is -1.81. The summed E-state index contributed by atoms with van der Waals surface area (Å²) in [6.45, 7) is 0. The highest BCUT2D eigenvalue weighted by Gasteiger charge is 2.14. The van der Waals surface area contributed by atoms with E-state index in [1.807, 2.05) is 24.3 Å². The zero-order valence-electron chi connectivity index (χ0n) is 10.9. The Bertz CT molecular complexity index is 584. The molecule has 1 heterocycles. The molecular formula is C11H12N2O2. The monoisotopic (exact) mass is 207 g/mol. The zero-order valence-corrected chi connectivity index (χ0v) is 7.90. The first-order chi connectivity index (χ1) is 8.45. The van der Waals surface area contributed by atoms with Crippen LogP contribution in [0.25, 0.3) is 10.9 Å². The molecular weight excluding hydrogens is 192 g/mol. The number of carboxylic acid groups (broad SMARTS) is 1. The number of nitrogens with two attached hydrogens (primary N) is 1. The smallest absolute Gasteiger partial charge is 0.320 e. The highest BCUT2D eigenvalue weighted by Crippen LogP contribution is 2.18. The van der Waals surface area contributed by atoms with Crippen LogP contribution in [0.4, 0.5) is 0 Å². The number of hydrogen-bond donors (Lipinski definition) is 3. The van der Waals surface area contributed by atoms with E-state index in [4.69, 9.17) is 9.30 Å². The van der Waals surface area contributed by atoms with Crippen molar-refractivity contribution in [3.8, 4) is 0 Å². The molecule has 0 aliphatic heterocycles. The number of aliphatic carboxylic acids is 1. The van der Waals surface area contributed by atoms with Crippen molar-refractivity contribution in [2.45, 2.75) is 12.4 Å². The lowest BCUT2D eigenvalue weighted by Gasteiger charge is -2.04. The second kappa shape index (κ2) is 3.74. The van der Waals surface area contributed by atoms with Gasteiger partial charge in [-0.05, 0) is 11.6 Å². The highest BCUT2D eigenvalue weighted by molar-refractivity contribution is 5.84. The first-order valence-electron chi connectivity index (χ1n) is 5.91. The maximum absolute atomic E-state index is 11.0. The van der Waals surface area contributed by atoms with E-state index in [2.05, 4.69) is 4.98 Å². The first kappa shape index (κ1) is 6.63. The standard InChI is InChI=1S/C11H12N2O2/c12-9(11(14)15)5-7-6-13-10-4-2-1-3-8(7)10/h1-4,6,9,13H,5,12H2,(H,14,15)/t9-/m0/s1/i9D/hD2. The van der Waals surface area contributed by atoms with E-state index >= 15 is 0 Å². The van der Waals surface area contributed by atoms with E-state index in [0.29, 0.717) is 5.56 Å². The third kappa shape index (κ3) is 1.85. The number of hydrogen-bond acceptors (Lipinski definition) is 2. The third-order valence-electron chi connectivity index (χ3n) is 2.28. The predicted molar refractivity (Wildman–Crippen MR) is 57.6 cm³/mol. The van der Waals surface area contributed by atoms with Gasteiger partial charge in [-0.15, -0.1) is 0 Å². The van der Waals surface area contributed by atoms with E-state index in [1.54, 1.807) is 6.20 Å². The molecule has 0 aliphatic rings. The summed E-state index contributed by atoms with van der Waals surface area (Å²) in [7, 11) is 0. The molecule has 15 heavy (non-hydrogen) atoms. The molecule has 2 rings (SSSR count). The van der Waals surface area contributed by atoms with Crippen molar-refractivity contribution in [1.82, 2.24) is 4.98 Å².